The Balaban J connectivity index is 1.92. The fourth-order valence-electron chi connectivity index (χ4n) is 2.06. The zero-order valence-corrected chi connectivity index (χ0v) is 10.2. The van der Waals surface area contributed by atoms with Gasteiger partial charge in [0.25, 0.3) is 6.43 Å². The van der Waals surface area contributed by atoms with E-state index in [1.165, 1.54) is 12.3 Å². The van der Waals surface area contributed by atoms with Crippen molar-refractivity contribution in [1.82, 2.24) is 9.88 Å². The Morgan fingerprint density at radius 2 is 2.00 bits per heavy atom. The summed E-state index contributed by atoms with van der Waals surface area (Å²) in [5, 5.41) is 10.5. The van der Waals surface area contributed by atoms with Crippen LogP contribution in [0.3, 0.4) is 0 Å². The molecule has 0 radical (unpaired) electrons. The van der Waals surface area contributed by atoms with Crippen molar-refractivity contribution in [3.8, 4) is 0 Å². The predicted molar refractivity (Wildman–Crippen MR) is 65.5 cm³/mol. The van der Waals surface area contributed by atoms with Crippen molar-refractivity contribution in [2.75, 3.05) is 37.6 Å². The predicted octanol–water partition coefficient (Wildman–Crippen LogP) is 1.38. The van der Waals surface area contributed by atoms with E-state index in [1.54, 1.807) is 11.0 Å². The topological polar surface area (TPSA) is 62.5 Å². The first kappa shape index (κ1) is 13.6. The van der Waals surface area contributed by atoms with Crippen molar-refractivity contribution in [2.24, 2.45) is 0 Å². The summed E-state index contributed by atoms with van der Waals surface area (Å²) in [5.41, 5.74) is 0.780. The Hall–Kier alpha value is -1.83. The van der Waals surface area contributed by atoms with E-state index < -0.39 is 11.3 Å². The quantitative estimate of drug-likeness (QED) is 0.612. The molecule has 0 amide bonds. The number of nitro groups is 1. The smallest absolute Gasteiger partial charge is 0.363 e. The average Bonchev–Trinajstić information content (AvgIpc) is 2.39. The number of alkyl halides is 2. The second-order valence-electron chi connectivity index (χ2n) is 4.31. The van der Waals surface area contributed by atoms with Crippen molar-refractivity contribution >= 4 is 11.5 Å². The minimum Gasteiger partial charge on any atom is -0.366 e. The normalized spacial score (nSPS) is 16.9. The third-order valence-corrected chi connectivity index (χ3v) is 3.05. The van der Waals surface area contributed by atoms with Gasteiger partial charge in [0.05, 0.1) is 12.2 Å². The molecule has 1 saturated heterocycles. The number of anilines is 1. The summed E-state index contributed by atoms with van der Waals surface area (Å²) in [6.45, 7) is 2.15. The lowest BCUT2D eigenvalue weighted by Crippen LogP contribution is -2.47. The van der Waals surface area contributed by atoms with Gasteiger partial charge in [0.2, 0.25) is 0 Å². The molecular weight excluding hydrogens is 258 g/mol. The first-order valence-electron chi connectivity index (χ1n) is 5.92. The number of halogens is 2. The Kier molecular flexibility index (Phi) is 4.20. The third kappa shape index (κ3) is 3.57. The molecule has 0 N–H and O–H groups in total. The summed E-state index contributed by atoms with van der Waals surface area (Å²) in [6, 6.07) is 2.98. The van der Waals surface area contributed by atoms with Crippen LogP contribution in [0.15, 0.2) is 18.3 Å². The molecule has 0 aromatic carbocycles. The summed E-state index contributed by atoms with van der Waals surface area (Å²) < 4.78 is 24.5. The molecule has 6 nitrogen and oxygen atoms in total. The number of pyridine rings is 1. The van der Waals surface area contributed by atoms with Crippen LogP contribution in [0, 0.1) is 10.1 Å². The van der Waals surface area contributed by atoms with E-state index in [9.17, 15) is 18.9 Å². The van der Waals surface area contributed by atoms with E-state index in [2.05, 4.69) is 4.98 Å². The van der Waals surface area contributed by atoms with E-state index in [0.29, 0.717) is 26.2 Å². The van der Waals surface area contributed by atoms with Gasteiger partial charge in [-0.05, 0) is 16.0 Å². The lowest BCUT2D eigenvalue weighted by molar-refractivity contribution is -0.389. The summed E-state index contributed by atoms with van der Waals surface area (Å²) in [4.78, 5) is 17.4. The van der Waals surface area contributed by atoms with Gasteiger partial charge in [-0.3, -0.25) is 4.90 Å². The first-order chi connectivity index (χ1) is 9.06. The van der Waals surface area contributed by atoms with Crippen molar-refractivity contribution in [1.29, 1.82) is 0 Å². The average molecular weight is 272 g/mol. The van der Waals surface area contributed by atoms with Crippen LogP contribution >= 0.6 is 0 Å². The summed E-state index contributed by atoms with van der Waals surface area (Å²) in [5.74, 6) is -0.194. The highest BCUT2D eigenvalue weighted by Crippen LogP contribution is 2.18. The van der Waals surface area contributed by atoms with E-state index in [1.807, 2.05) is 4.90 Å². The van der Waals surface area contributed by atoms with Crippen LogP contribution in [0.4, 0.5) is 20.3 Å². The second-order valence-corrected chi connectivity index (χ2v) is 4.31. The van der Waals surface area contributed by atoms with Gasteiger partial charge >= 0.3 is 5.82 Å². The Morgan fingerprint density at radius 1 is 1.32 bits per heavy atom. The van der Waals surface area contributed by atoms with E-state index in [-0.39, 0.29) is 12.4 Å². The van der Waals surface area contributed by atoms with Gasteiger partial charge in [0.1, 0.15) is 0 Å². The molecule has 19 heavy (non-hydrogen) atoms. The zero-order chi connectivity index (χ0) is 13.8. The summed E-state index contributed by atoms with van der Waals surface area (Å²) in [7, 11) is 0. The Labute approximate surface area is 108 Å². The maximum Gasteiger partial charge on any atom is 0.363 e. The van der Waals surface area contributed by atoms with Crippen LogP contribution in [0.2, 0.25) is 0 Å². The molecule has 8 heteroatoms. The Morgan fingerprint density at radius 3 is 2.47 bits per heavy atom. The maximum atomic E-state index is 12.2. The van der Waals surface area contributed by atoms with Crippen LogP contribution in [-0.2, 0) is 0 Å². The van der Waals surface area contributed by atoms with Gasteiger partial charge in [0, 0.05) is 32.2 Å². The highest BCUT2D eigenvalue weighted by molar-refractivity contribution is 5.46. The second kappa shape index (κ2) is 5.87. The van der Waals surface area contributed by atoms with Gasteiger partial charge < -0.3 is 15.0 Å². The number of rotatable bonds is 4. The third-order valence-electron chi connectivity index (χ3n) is 3.05. The molecule has 2 heterocycles. The van der Waals surface area contributed by atoms with Crippen molar-refractivity contribution < 1.29 is 13.7 Å². The lowest BCUT2D eigenvalue weighted by atomic mass is 10.2. The maximum absolute atomic E-state index is 12.2. The van der Waals surface area contributed by atoms with Gasteiger partial charge in [0.15, 0.2) is 6.20 Å². The highest BCUT2D eigenvalue weighted by atomic mass is 19.3. The molecule has 0 unspecified atom stereocenters. The molecule has 1 aliphatic rings. The number of hydrogen-bond acceptors (Lipinski definition) is 5. The summed E-state index contributed by atoms with van der Waals surface area (Å²) in [6.07, 6.45) is -0.867. The van der Waals surface area contributed by atoms with Gasteiger partial charge in [-0.2, -0.15) is 0 Å². The van der Waals surface area contributed by atoms with Gasteiger partial charge in [-0.1, -0.05) is 0 Å². The molecule has 1 aromatic rings. The van der Waals surface area contributed by atoms with Crippen LogP contribution in [0.1, 0.15) is 0 Å². The molecule has 0 spiro atoms. The number of nitrogens with zero attached hydrogens (tertiary/aromatic N) is 4. The largest absolute Gasteiger partial charge is 0.366 e. The van der Waals surface area contributed by atoms with E-state index >= 15 is 0 Å². The molecule has 0 atom stereocenters. The van der Waals surface area contributed by atoms with Crippen LogP contribution in [0.5, 0.6) is 0 Å². The van der Waals surface area contributed by atoms with E-state index in [0.717, 1.165) is 5.69 Å². The molecule has 1 fully saturated rings. The molecule has 0 aliphatic carbocycles. The fourth-order valence-corrected chi connectivity index (χ4v) is 2.06. The minimum atomic E-state index is -2.31. The molecule has 2 rings (SSSR count). The Bertz CT molecular complexity index is 433. The fraction of sp³-hybridized carbons (Fsp3) is 0.545. The van der Waals surface area contributed by atoms with Gasteiger partial charge in [-0.25, -0.2) is 8.78 Å². The molecule has 104 valence electrons. The first-order valence-corrected chi connectivity index (χ1v) is 5.92. The number of piperazine rings is 1. The lowest BCUT2D eigenvalue weighted by Gasteiger charge is -2.35. The highest BCUT2D eigenvalue weighted by Gasteiger charge is 2.20. The minimum absolute atomic E-state index is 0.194. The standard InChI is InChI=1S/C11H14F2N4O2/c12-10(13)8-15-3-5-16(6-4-15)9-1-2-11(14-7-9)17(18)19/h1-2,7,10H,3-6,8H2. The number of aromatic nitrogens is 1. The van der Waals surface area contributed by atoms with Crippen LogP contribution in [-0.4, -0.2) is 54.0 Å². The van der Waals surface area contributed by atoms with Crippen molar-refractivity contribution in [2.45, 2.75) is 6.43 Å². The van der Waals surface area contributed by atoms with Gasteiger partial charge in [-0.15, -0.1) is 0 Å². The molecule has 1 aliphatic heterocycles. The monoisotopic (exact) mass is 272 g/mol. The van der Waals surface area contributed by atoms with Crippen molar-refractivity contribution in [3.63, 3.8) is 0 Å². The number of hydrogen-bond donors (Lipinski definition) is 0. The van der Waals surface area contributed by atoms with Crippen LogP contribution < -0.4 is 4.90 Å². The molecular formula is C11H14F2N4O2. The molecule has 1 aromatic heterocycles. The molecule has 0 saturated carbocycles. The summed E-state index contributed by atoms with van der Waals surface area (Å²) >= 11 is 0. The van der Waals surface area contributed by atoms with E-state index in [4.69, 9.17) is 0 Å². The van der Waals surface area contributed by atoms with Crippen molar-refractivity contribution in [3.05, 3.63) is 28.4 Å². The SMILES string of the molecule is O=[N+]([O-])c1ccc(N2CCN(CC(F)F)CC2)cn1. The zero-order valence-electron chi connectivity index (χ0n) is 10.2. The van der Waals surface area contributed by atoms with Crippen LogP contribution in [0.25, 0.3) is 0 Å². The molecule has 0 bridgehead atoms.